The maximum Gasteiger partial charge on any atom is 0.292 e. The number of nitro groups is 1. The van der Waals surface area contributed by atoms with E-state index >= 15 is 0 Å². The van der Waals surface area contributed by atoms with E-state index in [9.17, 15) is 10.1 Å². The first-order valence-electron chi connectivity index (χ1n) is 5.23. The molecule has 5 nitrogen and oxygen atoms in total. The lowest BCUT2D eigenvalue weighted by atomic mass is 10.2. The van der Waals surface area contributed by atoms with Crippen molar-refractivity contribution >= 4 is 27.3 Å². The van der Waals surface area contributed by atoms with E-state index in [4.69, 9.17) is 0 Å². The largest absolute Gasteiger partial charge is 0.375 e. The van der Waals surface area contributed by atoms with Crippen LogP contribution < -0.4 is 5.32 Å². The maximum atomic E-state index is 10.9. The van der Waals surface area contributed by atoms with Crippen molar-refractivity contribution < 1.29 is 4.92 Å². The molecular formula is C12H10BrN3O2. The molecule has 0 saturated carbocycles. The van der Waals surface area contributed by atoms with Crippen LogP contribution in [0.4, 0.5) is 11.4 Å². The monoisotopic (exact) mass is 307 g/mol. The summed E-state index contributed by atoms with van der Waals surface area (Å²) < 4.78 is 0.793. The molecule has 2 rings (SSSR count). The summed E-state index contributed by atoms with van der Waals surface area (Å²) in [5, 5.41) is 13.9. The van der Waals surface area contributed by atoms with Crippen LogP contribution in [0.3, 0.4) is 0 Å². The highest BCUT2D eigenvalue weighted by atomic mass is 79.9. The van der Waals surface area contributed by atoms with Gasteiger partial charge < -0.3 is 5.32 Å². The lowest BCUT2D eigenvalue weighted by Gasteiger charge is -2.07. The number of hydrogen-bond acceptors (Lipinski definition) is 4. The molecule has 0 unspecified atom stereocenters. The number of rotatable bonds is 4. The molecule has 0 radical (unpaired) electrons. The number of nitrogens with zero attached hydrogens (tertiary/aromatic N) is 2. The van der Waals surface area contributed by atoms with Gasteiger partial charge in [-0.15, -0.1) is 0 Å². The lowest BCUT2D eigenvalue weighted by Crippen LogP contribution is -2.02. The van der Waals surface area contributed by atoms with Gasteiger partial charge in [0.1, 0.15) is 5.69 Å². The minimum atomic E-state index is -0.405. The van der Waals surface area contributed by atoms with Crippen molar-refractivity contribution in [2.45, 2.75) is 6.54 Å². The zero-order valence-corrected chi connectivity index (χ0v) is 10.9. The molecular weight excluding hydrogens is 298 g/mol. The lowest BCUT2D eigenvalue weighted by molar-refractivity contribution is -0.384. The van der Waals surface area contributed by atoms with Gasteiger partial charge in [0.25, 0.3) is 5.69 Å². The Balaban J connectivity index is 2.18. The Bertz CT molecular complexity index is 561. The Labute approximate surface area is 112 Å². The van der Waals surface area contributed by atoms with Crippen molar-refractivity contribution in [3.8, 4) is 0 Å². The number of benzene rings is 1. The molecule has 0 aliphatic carbocycles. The van der Waals surface area contributed by atoms with Gasteiger partial charge in [-0.3, -0.25) is 15.1 Å². The summed E-state index contributed by atoms with van der Waals surface area (Å²) in [6.45, 7) is 0.491. The predicted molar refractivity (Wildman–Crippen MR) is 72.4 cm³/mol. The third-order valence-corrected chi connectivity index (χ3v) is 2.85. The van der Waals surface area contributed by atoms with Gasteiger partial charge in [0.05, 0.1) is 4.92 Å². The highest BCUT2D eigenvalue weighted by molar-refractivity contribution is 9.10. The number of anilines is 1. The molecule has 92 valence electrons. The average molecular weight is 308 g/mol. The zero-order chi connectivity index (χ0) is 13.0. The number of nitrogens with one attached hydrogen (secondary N) is 1. The van der Waals surface area contributed by atoms with E-state index < -0.39 is 4.92 Å². The normalized spacial score (nSPS) is 10.1. The van der Waals surface area contributed by atoms with Gasteiger partial charge in [-0.2, -0.15) is 0 Å². The third-order valence-electron chi connectivity index (χ3n) is 2.36. The van der Waals surface area contributed by atoms with Crippen LogP contribution in [-0.2, 0) is 6.54 Å². The third kappa shape index (κ3) is 3.04. The molecule has 1 heterocycles. The van der Waals surface area contributed by atoms with E-state index in [0.29, 0.717) is 12.2 Å². The first kappa shape index (κ1) is 12.5. The smallest absolute Gasteiger partial charge is 0.292 e. The second-order valence-corrected chi connectivity index (χ2v) is 4.55. The molecule has 0 aliphatic rings. The van der Waals surface area contributed by atoms with Crippen LogP contribution >= 0.6 is 15.9 Å². The molecule has 18 heavy (non-hydrogen) atoms. The average Bonchev–Trinajstić information content (AvgIpc) is 2.37. The summed E-state index contributed by atoms with van der Waals surface area (Å²) in [5.41, 5.74) is 1.51. The van der Waals surface area contributed by atoms with Crippen LogP contribution in [0.2, 0.25) is 0 Å². The Morgan fingerprint density at radius 2 is 2.22 bits per heavy atom. The van der Waals surface area contributed by atoms with E-state index in [-0.39, 0.29) is 5.69 Å². The quantitative estimate of drug-likeness (QED) is 0.694. The predicted octanol–water partition coefficient (Wildman–Crippen LogP) is 3.36. The molecule has 0 atom stereocenters. The Morgan fingerprint density at radius 1 is 1.39 bits per heavy atom. The van der Waals surface area contributed by atoms with Crippen molar-refractivity contribution in [3.63, 3.8) is 0 Å². The Hall–Kier alpha value is -1.95. The molecule has 6 heteroatoms. The van der Waals surface area contributed by atoms with Gasteiger partial charge >= 0.3 is 0 Å². The fraction of sp³-hybridized carbons (Fsp3) is 0.0833. The second-order valence-electron chi connectivity index (χ2n) is 3.63. The fourth-order valence-electron chi connectivity index (χ4n) is 1.51. The van der Waals surface area contributed by atoms with Crippen molar-refractivity contribution in [3.05, 3.63) is 62.9 Å². The minimum absolute atomic E-state index is 0.0575. The topological polar surface area (TPSA) is 68.1 Å². The van der Waals surface area contributed by atoms with Gasteiger partial charge in [0, 0.05) is 29.5 Å². The van der Waals surface area contributed by atoms with Crippen molar-refractivity contribution in [1.29, 1.82) is 0 Å². The van der Waals surface area contributed by atoms with Gasteiger partial charge in [0.15, 0.2) is 0 Å². The van der Waals surface area contributed by atoms with Crippen molar-refractivity contribution in [1.82, 2.24) is 4.98 Å². The molecule has 0 fully saturated rings. The van der Waals surface area contributed by atoms with Crippen LogP contribution in [0.1, 0.15) is 5.56 Å². The standard InChI is InChI=1S/C12H10BrN3O2/c13-10-3-4-12(16(17)18)11(6-10)15-8-9-2-1-5-14-7-9/h1-7,15H,8H2. The molecule has 0 bridgehead atoms. The Morgan fingerprint density at radius 3 is 2.89 bits per heavy atom. The van der Waals surface area contributed by atoms with E-state index in [2.05, 4.69) is 26.2 Å². The zero-order valence-electron chi connectivity index (χ0n) is 9.34. The minimum Gasteiger partial charge on any atom is -0.375 e. The summed E-state index contributed by atoms with van der Waals surface area (Å²) in [4.78, 5) is 14.5. The molecule has 1 N–H and O–H groups in total. The van der Waals surface area contributed by atoms with E-state index in [1.54, 1.807) is 24.5 Å². The number of hydrogen-bond donors (Lipinski definition) is 1. The van der Waals surface area contributed by atoms with Crippen molar-refractivity contribution in [2.24, 2.45) is 0 Å². The Kier molecular flexibility index (Phi) is 3.88. The van der Waals surface area contributed by atoms with Crippen LogP contribution in [0, 0.1) is 10.1 Å². The second kappa shape index (κ2) is 5.59. The summed E-state index contributed by atoms with van der Waals surface area (Å²) in [5.74, 6) is 0. The van der Waals surface area contributed by atoms with Crippen LogP contribution in [0.5, 0.6) is 0 Å². The molecule has 1 aromatic carbocycles. The number of aromatic nitrogens is 1. The van der Waals surface area contributed by atoms with Crippen molar-refractivity contribution in [2.75, 3.05) is 5.32 Å². The van der Waals surface area contributed by atoms with Crippen LogP contribution in [0.25, 0.3) is 0 Å². The van der Waals surface area contributed by atoms with Gasteiger partial charge in [-0.1, -0.05) is 22.0 Å². The molecule has 0 saturated heterocycles. The van der Waals surface area contributed by atoms with Gasteiger partial charge in [-0.25, -0.2) is 0 Å². The summed E-state index contributed by atoms with van der Waals surface area (Å²) in [6.07, 6.45) is 3.40. The van der Waals surface area contributed by atoms with E-state index in [1.165, 1.54) is 6.07 Å². The highest BCUT2D eigenvalue weighted by Gasteiger charge is 2.13. The van der Waals surface area contributed by atoms with Crippen LogP contribution in [0.15, 0.2) is 47.2 Å². The van der Waals surface area contributed by atoms with E-state index in [1.807, 2.05) is 12.1 Å². The molecule has 1 aromatic heterocycles. The molecule has 0 aliphatic heterocycles. The first-order valence-corrected chi connectivity index (χ1v) is 6.03. The maximum absolute atomic E-state index is 10.9. The first-order chi connectivity index (χ1) is 8.66. The fourth-order valence-corrected chi connectivity index (χ4v) is 1.87. The van der Waals surface area contributed by atoms with Gasteiger partial charge in [-0.05, 0) is 23.8 Å². The van der Waals surface area contributed by atoms with E-state index in [0.717, 1.165) is 10.0 Å². The SMILES string of the molecule is O=[N+]([O-])c1ccc(Br)cc1NCc1cccnc1. The highest BCUT2D eigenvalue weighted by Crippen LogP contribution is 2.28. The molecule has 0 amide bonds. The summed E-state index contributed by atoms with van der Waals surface area (Å²) in [7, 11) is 0. The summed E-state index contributed by atoms with van der Waals surface area (Å²) in [6, 6.07) is 8.54. The van der Waals surface area contributed by atoms with Crippen LogP contribution in [-0.4, -0.2) is 9.91 Å². The number of pyridine rings is 1. The summed E-state index contributed by atoms with van der Waals surface area (Å²) >= 11 is 3.30. The molecule has 2 aromatic rings. The number of nitro benzene ring substituents is 1. The number of halogens is 1. The van der Waals surface area contributed by atoms with Gasteiger partial charge in [0.2, 0.25) is 0 Å². The molecule has 0 spiro atoms.